The topological polar surface area (TPSA) is 69.6 Å². The molecular formula is C18H34IN5OS. The summed E-state index contributed by atoms with van der Waals surface area (Å²) in [7, 11) is 3.49. The zero-order chi connectivity index (χ0) is 18.7. The van der Waals surface area contributed by atoms with Crippen molar-refractivity contribution in [3.8, 4) is 0 Å². The van der Waals surface area contributed by atoms with Gasteiger partial charge >= 0.3 is 0 Å². The summed E-state index contributed by atoms with van der Waals surface area (Å²) in [6.07, 6.45) is 6.70. The number of thiazole rings is 1. The molecule has 0 radical (unpaired) electrons. The molecule has 0 fully saturated rings. The van der Waals surface area contributed by atoms with Gasteiger partial charge < -0.3 is 15.5 Å². The van der Waals surface area contributed by atoms with Crippen LogP contribution in [0.3, 0.4) is 0 Å². The van der Waals surface area contributed by atoms with Crippen LogP contribution in [0.1, 0.15) is 49.4 Å². The lowest BCUT2D eigenvalue weighted by Gasteiger charge is -2.18. The predicted octanol–water partition coefficient (Wildman–Crippen LogP) is 3.41. The number of likely N-dealkylation sites (N-methyl/N-ethyl adjacent to an activating group) is 1. The Labute approximate surface area is 179 Å². The first-order chi connectivity index (χ1) is 12.0. The minimum atomic E-state index is -0.00998. The average molecular weight is 495 g/mol. The van der Waals surface area contributed by atoms with E-state index in [0.29, 0.717) is 18.4 Å². The van der Waals surface area contributed by atoms with Crippen LogP contribution in [0.25, 0.3) is 0 Å². The lowest BCUT2D eigenvalue weighted by molar-refractivity contribution is -0.127. The van der Waals surface area contributed by atoms with Crippen LogP contribution in [0.4, 0.5) is 0 Å². The highest BCUT2D eigenvalue weighted by molar-refractivity contribution is 14.0. The second-order valence-corrected chi connectivity index (χ2v) is 7.79. The maximum atomic E-state index is 11.8. The summed E-state index contributed by atoms with van der Waals surface area (Å²) in [5.74, 6) is 1.29. The molecule has 1 unspecified atom stereocenters. The minimum absolute atomic E-state index is 0. The first-order valence-corrected chi connectivity index (χ1v) is 9.91. The Bertz CT molecular complexity index is 547. The summed E-state index contributed by atoms with van der Waals surface area (Å²) < 4.78 is 0. The number of carbonyl (C=O) groups excluding carboxylic acids is 1. The molecule has 0 saturated carbocycles. The lowest BCUT2D eigenvalue weighted by Crippen LogP contribution is -2.40. The van der Waals surface area contributed by atoms with E-state index in [9.17, 15) is 4.79 Å². The van der Waals surface area contributed by atoms with Crippen molar-refractivity contribution in [2.75, 3.05) is 27.2 Å². The van der Waals surface area contributed by atoms with Gasteiger partial charge in [0.15, 0.2) is 5.96 Å². The predicted molar refractivity (Wildman–Crippen MR) is 121 cm³/mol. The quantitative estimate of drug-likeness (QED) is 0.297. The first-order valence-electron chi connectivity index (χ1n) is 9.09. The first kappa shape index (κ1) is 25.1. The normalized spacial score (nSPS) is 12.3. The van der Waals surface area contributed by atoms with Gasteiger partial charge in [0.25, 0.3) is 0 Å². The van der Waals surface area contributed by atoms with Gasteiger partial charge in [-0.2, -0.15) is 0 Å². The highest BCUT2D eigenvalue weighted by Crippen LogP contribution is 2.12. The van der Waals surface area contributed by atoms with Crippen molar-refractivity contribution in [1.82, 2.24) is 20.5 Å². The van der Waals surface area contributed by atoms with Gasteiger partial charge in [0.2, 0.25) is 5.91 Å². The van der Waals surface area contributed by atoms with Crippen molar-refractivity contribution in [3.63, 3.8) is 0 Å². The van der Waals surface area contributed by atoms with Crippen molar-refractivity contribution in [1.29, 1.82) is 0 Å². The molecule has 6 nitrogen and oxygen atoms in total. The highest BCUT2D eigenvalue weighted by Gasteiger charge is 2.09. The molecule has 1 atom stereocenters. The molecule has 0 bridgehead atoms. The molecule has 0 aromatic carbocycles. The van der Waals surface area contributed by atoms with Gasteiger partial charge in [0.1, 0.15) is 11.6 Å². The van der Waals surface area contributed by atoms with Crippen molar-refractivity contribution in [3.05, 3.63) is 16.1 Å². The molecule has 26 heavy (non-hydrogen) atoms. The number of amides is 1. The van der Waals surface area contributed by atoms with E-state index in [1.54, 1.807) is 30.3 Å². The molecule has 1 aromatic heterocycles. The number of rotatable bonds is 10. The zero-order valence-corrected chi connectivity index (χ0v) is 19.8. The molecule has 8 heteroatoms. The maximum absolute atomic E-state index is 11.8. The summed E-state index contributed by atoms with van der Waals surface area (Å²) in [5, 5.41) is 7.71. The number of aromatic nitrogens is 1. The number of halogens is 1. The fourth-order valence-corrected chi connectivity index (χ4v) is 3.02. The van der Waals surface area contributed by atoms with Gasteiger partial charge in [-0.1, -0.05) is 33.1 Å². The molecule has 2 N–H and O–H groups in total. The smallest absolute Gasteiger partial charge is 0.243 e. The Hall–Kier alpha value is -0.900. The van der Waals surface area contributed by atoms with Crippen LogP contribution >= 0.6 is 35.3 Å². The monoisotopic (exact) mass is 495 g/mol. The van der Waals surface area contributed by atoms with E-state index >= 15 is 0 Å². The van der Waals surface area contributed by atoms with Crippen LogP contribution < -0.4 is 10.6 Å². The number of nitrogens with zero attached hydrogens (tertiary/aromatic N) is 3. The number of aliphatic imine (C=N–C) groups is 1. The third-order valence-electron chi connectivity index (χ3n) is 4.05. The zero-order valence-electron chi connectivity index (χ0n) is 16.7. The summed E-state index contributed by atoms with van der Waals surface area (Å²) in [5.41, 5.74) is 0. The van der Waals surface area contributed by atoms with Crippen LogP contribution in [0.5, 0.6) is 0 Å². The molecule has 0 aliphatic rings. The van der Waals surface area contributed by atoms with Crippen molar-refractivity contribution >= 4 is 47.2 Å². The van der Waals surface area contributed by atoms with Gasteiger partial charge in [-0.3, -0.25) is 4.79 Å². The standard InChI is InChI=1S/C18H33N5OS.HI/c1-6-8-9-15(7-2)11-20-18(22-13-17(24)23(4)5)21-12-16-19-10-14(3)25-16;/h10,15H,6-9,11-13H2,1-5H3,(H2,20,21,22);1H. The molecule has 1 heterocycles. The van der Waals surface area contributed by atoms with E-state index in [-0.39, 0.29) is 36.4 Å². The molecule has 0 aliphatic heterocycles. The second kappa shape index (κ2) is 14.2. The molecule has 1 amide bonds. The van der Waals surface area contributed by atoms with Crippen LogP contribution in [-0.2, 0) is 11.3 Å². The number of guanidine groups is 1. The number of nitrogens with one attached hydrogen (secondary N) is 2. The van der Waals surface area contributed by atoms with Crippen molar-refractivity contribution in [2.24, 2.45) is 10.9 Å². The summed E-state index contributed by atoms with van der Waals surface area (Å²) >= 11 is 1.67. The Morgan fingerprint density at radius 2 is 2.08 bits per heavy atom. The van der Waals surface area contributed by atoms with Gasteiger partial charge in [0.05, 0.1) is 6.54 Å². The Balaban J connectivity index is 0.00000625. The molecule has 1 aromatic rings. The molecular weight excluding hydrogens is 461 g/mol. The van der Waals surface area contributed by atoms with Crippen molar-refractivity contribution in [2.45, 2.75) is 53.0 Å². The fraction of sp³-hybridized carbons (Fsp3) is 0.722. The Morgan fingerprint density at radius 3 is 2.62 bits per heavy atom. The number of hydrogen-bond acceptors (Lipinski definition) is 4. The summed E-state index contributed by atoms with van der Waals surface area (Å²) in [6, 6.07) is 0. The van der Waals surface area contributed by atoms with Crippen LogP contribution in [0.15, 0.2) is 11.2 Å². The summed E-state index contributed by atoms with van der Waals surface area (Å²) in [4.78, 5) is 23.4. The van der Waals surface area contributed by atoms with E-state index < -0.39 is 0 Å². The lowest BCUT2D eigenvalue weighted by atomic mass is 9.99. The summed E-state index contributed by atoms with van der Waals surface area (Å²) in [6.45, 7) is 8.12. The van der Waals surface area contributed by atoms with E-state index in [1.165, 1.54) is 24.1 Å². The molecule has 0 saturated heterocycles. The van der Waals surface area contributed by atoms with Crippen LogP contribution in [0.2, 0.25) is 0 Å². The second-order valence-electron chi connectivity index (χ2n) is 6.47. The van der Waals surface area contributed by atoms with E-state index in [0.717, 1.165) is 18.0 Å². The SMILES string of the molecule is CCCCC(CC)CNC(=NCC(=O)N(C)C)NCc1ncc(C)s1.I. The van der Waals surface area contributed by atoms with Gasteiger partial charge in [0, 0.05) is 31.7 Å². The molecule has 1 rings (SSSR count). The minimum Gasteiger partial charge on any atom is -0.356 e. The number of aryl methyl sites for hydroxylation is 1. The molecule has 0 spiro atoms. The van der Waals surface area contributed by atoms with E-state index in [2.05, 4.69) is 34.5 Å². The average Bonchev–Trinajstić information content (AvgIpc) is 3.01. The fourth-order valence-electron chi connectivity index (χ4n) is 2.29. The van der Waals surface area contributed by atoms with E-state index in [1.807, 2.05) is 13.1 Å². The highest BCUT2D eigenvalue weighted by atomic mass is 127. The Morgan fingerprint density at radius 1 is 1.35 bits per heavy atom. The third kappa shape index (κ3) is 10.3. The van der Waals surface area contributed by atoms with Gasteiger partial charge in [-0.05, 0) is 19.3 Å². The van der Waals surface area contributed by atoms with Gasteiger partial charge in [-0.25, -0.2) is 9.98 Å². The maximum Gasteiger partial charge on any atom is 0.243 e. The number of carbonyl (C=O) groups is 1. The largest absolute Gasteiger partial charge is 0.356 e. The van der Waals surface area contributed by atoms with Gasteiger partial charge in [-0.15, -0.1) is 35.3 Å². The van der Waals surface area contributed by atoms with E-state index in [4.69, 9.17) is 0 Å². The number of hydrogen-bond donors (Lipinski definition) is 2. The Kier molecular flexibility index (Phi) is 13.7. The number of unbranched alkanes of at least 4 members (excludes halogenated alkanes) is 1. The van der Waals surface area contributed by atoms with Crippen LogP contribution in [-0.4, -0.2) is 48.9 Å². The molecule has 150 valence electrons. The molecule has 0 aliphatic carbocycles. The third-order valence-corrected chi connectivity index (χ3v) is 4.96. The van der Waals surface area contributed by atoms with Crippen molar-refractivity contribution < 1.29 is 4.79 Å². The van der Waals surface area contributed by atoms with Crippen LogP contribution in [0, 0.1) is 12.8 Å².